The molecule has 0 unspecified atom stereocenters. The van der Waals surface area contributed by atoms with Gasteiger partial charge in [0.15, 0.2) is 11.6 Å². The molecule has 0 saturated heterocycles. The highest BCUT2D eigenvalue weighted by Gasteiger charge is 2.25. The standard InChI is InChI=1S/C15H24O2/c16-14(10-12-6-2-1-3-7-12)15(17)11-13-8-4-5-9-13/h12-13H,1-11H2. The van der Waals surface area contributed by atoms with E-state index in [1.54, 1.807) is 0 Å². The van der Waals surface area contributed by atoms with Crippen molar-refractivity contribution in [2.24, 2.45) is 11.8 Å². The van der Waals surface area contributed by atoms with Crippen LogP contribution >= 0.6 is 0 Å². The van der Waals surface area contributed by atoms with Crippen molar-refractivity contribution in [3.05, 3.63) is 0 Å². The lowest BCUT2D eigenvalue weighted by Gasteiger charge is -2.20. The Kier molecular flexibility index (Phi) is 4.75. The smallest absolute Gasteiger partial charge is 0.198 e. The zero-order valence-electron chi connectivity index (χ0n) is 10.7. The zero-order chi connectivity index (χ0) is 12.1. The van der Waals surface area contributed by atoms with Gasteiger partial charge in [-0.15, -0.1) is 0 Å². The molecular weight excluding hydrogens is 212 g/mol. The highest BCUT2D eigenvalue weighted by atomic mass is 16.2. The molecule has 0 aromatic heterocycles. The van der Waals surface area contributed by atoms with Crippen molar-refractivity contribution in [2.45, 2.75) is 70.6 Å². The Morgan fingerprint density at radius 3 is 1.41 bits per heavy atom. The minimum Gasteiger partial charge on any atom is -0.291 e. The highest BCUT2D eigenvalue weighted by molar-refractivity contribution is 6.37. The molecule has 17 heavy (non-hydrogen) atoms. The molecular formula is C15H24O2. The van der Waals surface area contributed by atoms with Gasteiger partial charge in [-0.3, -0.25) is 9.59 Å². The zero-order valence-corrected chi connectivity index (χ0v) is 10.7. The molecule has 96 valence electrons. The first-order chi connectivity index (χ1) is 8.25. The van der Waals surface area contributed by atoms with Crippen molar-refractivity contribution in [1.82, 2.24) is 0 Å². The normalized spacial score (nSPS) is 22.8. The van der Waals surface area contributed by atoms with E-state index in [4.69, 9.17) is 0 Å². The molecule has 0 heterocycles. The molecule has 2 aliphatic carbocycles. The van der Waals surface area contributed by atoms with Crippen molar-refractivity contribution in [2.75, 3.05) is 0 Å². The van der Waals surface area contributed by atoms with Crippen LogP contribution in [-0.2, 0) is 9.59 Å². The molecule has 0 amide bonds. The average Bonchev–Trinajstić information content (AvgIpc) is 2.83. The SMILES string of the molecule is O=C(CC1CCCCC1)C(=O)CC1CCCC1. The van der Waals surface area contributed by atoms with Gasteiger partial charge in [0.2, 0.25) is 0 Å². The second kappa shape index (κ2) is 6.32. The average molecular weight is 236 g/mol. The summed E-state index contributed by atoms with van der Waals surface area (Å²) >= 11 is 0. The van der Waals surface area contributed by atoms with Crippen LogP contribution < -0.4 is 0 Å². The molecule has 0 aromatic rings. The summed E-state index contributed by atoms with van der Waals surface area (Å²) in [6.07, 6.45) is 12.0. The molecule has 0 radical (unpaired) electrons. The third kappa shape index (κ3) is 3.93. The van der Waals surface area contributed by atoms with Crippen molar-refractivity contribution in [3.63, 3.8) is 0 Å². The quantitative estimate of drug-likeness (QED) is 0.682. The van der Waals surface area contributed by atoms with Gasteiger partial charge in [0.05, 0.1) is 0 Å². The van der Waals surface area contributed by atoms with E-state index in [0.29, 0.717) is 24.7 Å². The van der Waals surface area contributed by atoms with E-state index < -0.39 is 0 Å². The van der Waals surface area contributed by atoms with E-state index in [1.165, 1.54) is 32.1 Å². The van der Waals surface area contributed by atoms with Crippen LogP contribution in [0.4, 0.5) is 0 Å². The third-order valence-corrected chi connectivity index (χ3v) is 4.46. The summed E-state index contributed by atoms with van der Waals surface area (Å²) in [5.41, 5.74) is 0. The van der Waals surface area contributed by atoms with Crippen LogP contribution in [0.25, 0.3) is 0 Å². The maximum atomic E-state index is 11.8. The van der Waals surface area contributed by atoms with Crippen LogP contribution in [-0.4, -0.2) is 11.6 Å². The predicted octanol–water partition coefficient (Wildman–Crippen LogP) is 3.68. The summed E-state index contributed by atoms with van der Waals surface area (Å²) in [5.74, 6) is 0.854. The molecule has 2 aliphatic rings. The molecule has 0 atom stereocenters. The number of carbonyl (C=O) groups is 2. The first-order valence-corrected chi connectivity index (χ1v) is 7.31. The number of carbonyl (C=O) groups excluding carboxylic acids is 2. The Labute approximate surface area is 104 Å². The summed E-state index contributed by atoms with van der Waals surface area (Å²) < 4.78 is 0. The first-order valence-electron chi connectivity index (χ1n) is 7.31. The van der Waals surface area contributed by atoms with E-state index >= 15 is 0 Å². The van der Waals surface area contributed by atoms with Crippen LogP contribution in [0.1, 0.15) is 70.6 Å². The summed E-state index contributed by atoms with van der Waals surface area (Å²) in [6, 6.07) is 0. The van der Waals surface area contributed by atoms with Gasteiger partial charge in [0.25, 0.3) is 0 Å². The monoisotopic (exact) mass is 236 g/mol. The number of hydrogen-bond acceptors (Lipinski definition) is 2. The van der Waals surface area contributed by atoms with Crippen LogP contribution in [0.5, 0.6) is 0 Å². The van der Waals surface area contributed by atoms with Crippen LogP contribution in [0.2, 0.25) is 0 Å². The highest BCUT2D eigenvalue weighted by Crippen LogP contribution is 2.29. The second-order valence-electron chi connectivity index (χ2n) is 5.91. The Hall–Kier alpha value is -0.660. The van der Waals surface area contributed by atoms with Gasteiger partial charge < -0.3 is 0 Å². The Morgan fingerprint density at radius 1 is 0.647 bits per heavy atom. The maximum Gasteiger partial charge on any atom is 0.198 e. The first kappa shape index (κ1) is 12.8. The van der Waals surface area contributed by atoms with Gasteiger partial charge in [-0.05, 0) is 11.8 Å². The molecule has 2 saturated carbocycles. The molecule has 2 heteroatoms. The van der Waals surface area contributed by atoms with Gasteiger partial charge in [-0.1, -0.05) is 57.8 Å². The van der Waals surface area contributed by atoms with Crippen molar-refractivity contribution in [3.8, 4) is 0 Å². The molecule has 0 N–H and O–H groups in total. The third-order valence-electron chi connectivity index (χ3n) is 4.46. The Morgan fingerprint density at radius 2 is 1.00 bits per heavy atom. The van der Waals surface area contributed by atoms with Crippen molar-refractivity contribution < 1.29 is 9.59 Å². The second-order valence-corrected chi connectivity index (χ2v) is 5.91. The minimum atomic E-state index is -0.0810. The molecule has 2 fully saturated rings. The van der Waals surface area contributed by atoms with Gasteiger partial charge >= 0.3 is 0 Å². The summed E-state index contributed by atoms with van der Waals surface area (Å²) in [4.78, 5) is 23.7. The number of ketones is 2. The number of rotatable bonds is 5. The van der Waals surface area contributed by atoms with E-state index in [2.05, 4.69) is 0 Å². The fraction of sp³-hybridized carbons (Fsp3) is 0.867. The molecule has 0 bridgehead atoms. The van der Waals surface area contributed by atoms with E-state index in [-0.39, 0.29) is 11.6 Å². The number of Topliss-reactive ketones (excluding diaryl/α,β-unsaturated/α-hetero) is 2. The molecule has 2 nitrogen and oxygen atoms in total. The summed E-state index contributed by atoms with van der Waals surface area (Å²) in [5, 5.41) is 0. The van der Waals surface area contributed by atoms with E-state index in [1.807, 2.05) is 0 Å². The molecule has 2 rings (SSSR count). The maximum absolute atomic E-state index is 11.8. The lowest BCUT2D eigenvalue weighted by molar-refractivity contribution is -0.137. The van der Waals surface area contributed by atoms with Gasteiger partial charge in [0, 0.05) is 12.8 Å². The Bertz CT molecular complexity index is 271. The molecule has 0 spiro atoms. The summed E-state index contributed by atoms with van der Waals surface area (Å²) in [7, 11) is 0. The fourth-order valence-corrected chi connectivity index (χ4v) is 3.36. The topological polar surface area (TPSA) is 34.1 Å². The fourth-order valence-electron chi connectivity index (χ4n) is 3.36. The van der Waals surface area contributed by atoms with Crippen LogP contribution in [0.3, 0.4) is 0 Å². The summed E-state index contributed by atoms with van der Waals surface area (Å²) in [6.45, 7) is 0. The molecule has 0 aromatic carbocycles. The lowest BCUT2D eigenvalue weighted by Crippen LogP contribution is -2.21. The number of hydrogen-bond donors (Lipinski definition) is 0. The predicted molar refractivity (Wildman–Crippen MR) is 67.8 cm³/mol. The molecule has 0 aliphatic heterocycles. The van der Waals surface area contributed by atoms with E-state index in [0.717, 1.165) is 25.7 Å². The van der Waals surface area contributed by atoms with Crippen LogP contribution in [0, 0.1) is 11.8 Å². The van der Waals surface area contributed by atoms with Gasteiger partial charge in [0.1, 0.15) is 0 Å². The largest absolute Gasteiger partial charge is 0.291 e. The van der Waals surface area contributed by atoms with Crippen molar-refractivity contribution >= 4 is 11.6 Å². The van der Waals surface area contributed by atoms with Crippen molar-refractivity contribution in [1.29, 1.82) is 0 Å². The Balaban J connectivity index is 1.72. The van der Waals surface area contributed by atoms with Gasteiger partial charge in [-0.2, -0.15) is 0 Å². The van der Waals surface area contributed by atoms with Gasteiger partial charge in [-0.25, -0.2) is 0 Å². The minimum absolute atomic E-state index is 0.0798. The lowest BCUT2D eigenvalue weighted by atomic mass is 9.84. The van der Waals surface area contributed by atoms with Crippen LogP contribution in [0.15, 0.2) is 0 Å². The van der Waals surface area contributed by atoms with E-state index in [9.17, 15) is 9.59 Å².